The maximum atomic E-state index is 4.65. The van der Waals surface area contributed by atoms with E-state index in [1.807, 2.05) is 14.0 Å². The van der Waals surface area contributed by atoms with E-state index in [1.54, 1.807) is 11.8 Å². The average molecular weight is 309 g/mol. The third-order valence-corrected chi connectivity index (χ3v) is 4.69. The first kappa shape index (κ1) is 15.2. The Morgan fingerprint density at radius 3 is 2.55 bits per heavy atom. The molecule has 0 spiro atoms. The van der Waals surface area contributed by atoms with Gasteiger partial charge < -0.3 is 5.32 Å². The van der Waals surface area contributed by atoms with Crippen LogP contribution in [-0.4, -0.2) is 26.4 Å². The second-order valence-electron chi connectivity index (χ2n) is 4.35. The van der Waals surface area contributed by atoms with Crippen molar-refractivity contribution in [3.8, 4) is 0 Å². The van der Waals surface area contributed by atoms with E-state index in [1.165, 1.54) is 11.5 Å². The monoisotopic (exact) mass is 309 g/mol. The molecule has 108 valence electrons. The molecule has 0 amide bonds. The summed E-state index contributed by atoms with van der Waals surface area (Å²) in [6, 6.07) is 0. The number of hydrogen-bond donors (Lipinski definition) is 1. The van der Waals surface area contributed by atoms with Crippen LogP contribution >= 0.6 is 23.3 Å². The minimum Gasteiger partial charge on any atom is -0.373 e. The number of aromatic nitrogens is 4. The first-order valence-electron chi connectivity index (χ1n) is 6.73. The molecule has 0 aliphatic rings. The molecular formula is C13H19N5S2. The van der Waals surface area contributed by atoms with E-state index < -0.39 is 0 Å². The lowest BCUT2D eigenvalue weighted by atomic mass is 10.3. The molecule has 20 heavy (non-hydrogen) atoms. The maximum Gasteiger partial charge on any atom is 0.176 e. The molecule has 2 aromatic heterocycles. The van der Waals surface area contributed by atoms with Crippen molar-refractivity contribution < 1.29 is 0 Å². The number of hydrogen-bond acceptors (Lipinski definition) is 7. The van der Waals surface area contributed by atoms with E-state index in [0.717, 1.165) is 51.7 Å². The highest BCUT2D eigenvalue weighted by molar-refractivity contribution is 8.00. The topological polar surface area (TPSA) is 63.6 Å². The number of nitrogens with zero attached hydrogens (tertiary/aromatic N) is 4. The van der Waals surface area contributed by atoms with E-state index in [-0.39, 0.29) is 0 Å². The molecule has 0 aromatic carbocycles. The van der Waals surface area contributed by atoms with Crippen molar-refractivity contribution in [3.05, 3.63) is 17.2 Å². The Morgan fingerprint density at radius 1 is 1.15 bits per heavy atom. The van der Waals surface area contributed by atoms with Gasteiger partial charge in [-0.3, -0.25) is 0 Å². The summed E-state index contributed by atoms with van der Waals surface area (Å²) in [5.74, 6) is 2.67. The maximum absolute atomic E-state index is 4.65. The Labute approximate surface area is 127 Å². The summed E-state index contributed by atoms with van der Waals surface area (Å²) in [6.45, 7) is 6.23. The Balaban J connectivity index is 2.31. The van der Waals surface area contributed by atoms with Crippen LogP contribution in [-0.2, 0) is 12.8 Å². The van der Waals surface area contributed by atoms with Gasteiger partial charge in [-0.1, -0.05) is 13.8 Å². The number of anilines is 1. The normalized spacial score (nSPS) is 10.8. The summed E-state index contributed by atoms with van der Waals surface area (Å²) in [5.41, 5.74) is 1.06. The number of aryl methyl sites for hydroxylation is 2. The summed E-state index contributed by atoms with van der Waals surface area (Å²) in [7, 11) is 1.89. The molecular weight excluding hydrogens is 290 g/mol. The van der Waals surface area contributed by atoms with Crippen molar-refractivity contribution in [3.63, 3.8) is 0 Å². The van der Waals surface area contributed by atoms with Gasteiger partial charge in [0.25, 0.3) is 0 Å². The summed E-state index contributed by atoms with van der Waals surface area (Å²) in [6.07, 6.45) is 2.79. The zero-order valence-electron chi connectivity index (χ0n) is 12.2. The molecule has 2 rings (SSSR count). The predicted octanol–water partition coefficient (Wildman–Crippen LogP) is 3.34. The summed E-state index contributed by atoms with van der Waals surface area (Å²) < 4.78 is 5.25. The minimum absolute atomic E-state index is 0.864. The van der Waals surface area contributed by atoms with Crippen LogP contribution in [0.1, 0.15) is 37.5 Å². The molecule has 2 heterocycles. The Bertz CT molecular complexity index is 582. The fraction of sp³-hybridized carbons (Fsp3) is 0.538. The van der Waals surface area contributed by atoms with E-state index in [0.29, 0.717) is 0 Å². The van der Waals surface area contributed by atoms with Gasteiger partial charge >= 0.3 is 0 Å². The summed E-state index contributed by atoms with van der Waals surface area (Å²) in [4.78, 5) is 13.7. The van der Waals surface area contributed by atoms with Crippen molar-refractivity contribution in [1.29, 1.82) is 0 Å². The van der Waals surface area contributed by atoms with Crippen molar-refractivity contribution in [2.24, 2.45) is 0 Å². The fourth-order valence-electron chi connectivity index (χ4n) is 1.72. The third kappa shape index (κ3) is 3.46. The lowest BCUT2D eigenvalue weighted by Gasteiger charge is -2.10. The molecule has 1 N–H and O–H groups in total. The Kier molecular flexibility index (Phi) is 5.31. The van der Waals surface area contributed by atoms with Gasteiger partial charge in [-0.25, -0.2) is 15.0 Å². The zero-order chi connectivity index (χ0) is 14.5. The van der Waals surface area contributed by atoms with Gasteiger partial charge in [0.05, 0.1) is 0 Å². The van der Waals surface area contributed by atoms with Crippen molar-refractivity contribution >= 4 is 29.1 Å². The highest BCUT2D eigenvalue weighted by Gasteiger charge is 2.13. The molecule has 0 unspecified atom stereocenters. The van der Waals surface area contributed by atoms with Crippen LogP contribution in [0, 0.1) is 6.92 Å². The first-order valence-corrected chi connectivity index (χ1v) is 8.32. The van der Waals surface area contributed by atoms with Crippen LogP contribution in [0.2, 0.25) is 0 Å². The van der Waals surface area contributed by atoms with Gasteiger partial charge in [0.15, 0.2) is 4.34 Å². The van der Waals surface area contributed by atoms with Gasteiger partial charge in [0, 0.05) is 25.5 Å². The lowest BCUT2D eigenvalue weighted by Crippen LogP contribution is -2.04. The largest absolute Gasteiger partial charge is 0.373 e. The van der Waals surface area contributed by atoms with Crippen molar-refractivity contribution in [2.45, 2.75) is 49.4 Å². The predicted molar refractivity (Wildman–Crippen MR) is 83.7 cm³/mol. The highest BCUT2D eigenvalue weighted by atomic mass is 32.2. The number of rotatable bonds is 6. The second kappa shape index (κ2) is 6.99. The molecule has 7 heteroatoms. The molecule has 0 saturated heterocycles. The van der Waals surface area contributed by atoms with E-state index in [4.69, 9.17) is 0 Å². The standard InChI is InChI=1S/C13H19N5S2/c1-5-7-10-15-11(14-4)8(3)12(16-10)19-13-17-9(6-2)18-20-13/h5-7H2,1-4H3,(H,14,15,16). The fourth-order valence-corrected chi connectivity index (χ4v) is 3.44. The van der Waals surface area contributed by atoms with Gasteiger partial charge in [-0.15, -0.1) is 0 Å². The first-order chi connectivity index (χ1) is 9.67. The highest BCUT2D eigenvalue weighted by Crippen LogP contribution is 2.32. The minimum atomic E-state index is 0.864. The third-order valence-electron chi connectivity index (χ3n) is 2.81. The van der Waals surface area contributed by atoms with Crippen molar-refractivity contribution in [1.82, 2.24) is 19.3 Å². The molecule has 0 saturated carbocycles. The zero-order valence-corrected chi connectivity index (χ0v) is 13.9. The SMILES string of the molecule is CCCc1nc(NC)c(C)c(Sc2nc(CC)ns2)n1. The van der Waals surface area contributed by atoms with Crippen LogP contribution in [0.5, 0.6) is 0 Å². The van der Waals surface area contributed by atoms with Crippen LogP contribution in [0.3, 0.4) is 0 Å². The average Bonchev–Trinajstić information content (AvgIpc) is 2.90. The lowest BCUT2D eigenvalue weighted by molar-refractivity contribution is 0.803. The van der Waals surface area contributed by atoms with Gasteiger partial charge in [0.2, 0.25) is 0 Å². The van der Waals surface area contributed by atoms with E-state index >= 15 is 0 Å². The summed E-state index contributed by atoms with van der Waals surface area (Å²) in [5, 5.41) is 4.10. The van der Waals surface area contributed by atoms with Crippen LogP contribution in [0.15, 0.2) is 9.37 Å². The molecule has 0 aliphatic carbocycles. The van der Waals surface area contributed by atoms with Crippen LogP contribution < -0.4 is 5.32 Å². The van der Waals surface area contributed by atoms with Crippen LogP contribution in [0.4, 0.5) is 5.82 Å². The quantitative estimate of drug-likeness (QED) is 0.826. The number of nitrogens with one attached hydrogen (secondary N) is 1. The van der Waals surface area contributed by atoms with Gasteiger partial charge in [-0.05, 0) is 36.6 Å². The molecule has 5 nitrogen and oxygen atoms in total. The van der Waals surface area contributed by atoms with E-state index in [9.17, 15) is 0 Å². The molecule has 0 atom stereocenters. The Hall–Kier alpha value is -1.21. The molecule has 0 fully saturated rings. The van der Waals surface area contributed by atoms with Crippen LogP contribution in [0.25, 0.3) is 0 Å². The molecule has 0 aliphatic heterocycles. The van der Waals surface area contributed by atoms with Gasteiger partial charge in [0.1, 0.15) is 22.5 Å². The summed E-state index contributed by atoms with van der Waals surface area (Å²) >= 11 is 3.01. The Morgan fingerprint density at radius 2 is 1.95 bits per heavy atom. The second-order valence-corrected chi connectivity index (χ2v) is 6.34. The van der Waals surface area contributed by atoms with Crippen molar-refractivity contribution in [2.75, 3.05) is 12.4 Å². The van der Waals surface area contributed by atoms with E-state index in [2.05, 4.69) is 38.5 Å². The molecule has 0 radical (unpaired) electrons. The molecule has 2 aromatic rings. The van der Waals surface area contributed by atoms with Gasteiger partial charge in [-0.2, -0.15) is 4.37 Å². The smallest absolute Gasteiger partial charge is 0.176 e. The molecule has 0 bridgehead atoms.